The predicted molar refractivity (Wildman–Crippen MR) is 117 cm³/mol. The molecule has 0 aromatic heterocycles. The number of phenols is 1. The lowest BCUT2D eigenvalue weighted by Crippen LogP contribution is -2.19. The number of aromatic hydroxyl groups is 1. The molecule has 0 bridgehead atoms. The number of fused-ring (bicyclic) bond motifs is 1. The van der Waals surface area contributed by atoms with E-state index in [2.05, 4.69) is 16.0 Å². The van der Waals surface area contributed by atoms with Crippen molar-refractivity contribution in [2.24, 2.45) is 0 Å². The first kappa shape index (κ1) is 19.1. The summed E-state index contributed by atoms with van der Waals surface area (Å²) in [6, 6.07) is 18.8. The highest BCUT2D eigenvalue weighted by Crippen LogP contribution is 2.36. The lowest BCUT2D eigenvalue weighted by molar-refractivity contribution is -0.110. The van der Waals surface area contributed by atoms with E-state index >= 15 is 0 Å². The van der Waals surface area contributed by atoms with Crippen LogP contribution in [-0.2, 0) is 4.79 Å². The normalized spacial score (nSPS) is 13.5. The van der Waals surface area contributed by atoms with Crippen LogP contribution in [0.1, 0.15) is 11.1 Å². The zero-order valence-electron chi connectivity index (χ0n) is 16.1. The fourth-order valence-electron chi connectivity index (χ4n) is 3.18. The summed E-state index contributed by atoms with van der Waals surface area (Å²) in [7, 11) is 1.46. The van der Waals surface area contributed by atoms with Crippen LogP contribution in [-0.4, -0.2) is 24.2 Å². The molecule has 0 aliphatic carbocycles. The fraction of sp³-hybridized carbons (Fsp3) is 0.0435. The van der Waals surface area contributed by atoms with E-state index < -0.39 is 0 Å². The van der Waals surface area contributed by atoms with E-state index in [1.54, 1.807) is 48.5 Å². The summed E-state index contributed by atoms with van der Waals surface area (Å²) >= 11 is 0. The molecule has 1 aliphatic rings. The van der Waals surface area contributed by atoms with Crippen molar-refractivity contribution in [3.05, 3.63) is 77.9 Å². The van der Waals surface area contributed by atoms with Gasteiger partial charge in [0.05, 0.1) is 12.8 Å². The Morgan fingerprint density at radius 2 is 1.77 bits per heavy atom. The molecular weight excluding hydrogens is 382 g/mol. The Bertz CT molecular complexity index is 1160. The van der Waals surface area contributed by atoms with Crippen LogP contribution < -0.4 is 20.7 Å². The van der Waals surface area contributed by atoms with Crippen molar-refractivity contribution in [3.63, 3.8) is 0 Å². The van der Waals surface area contributed by atoms with E-state index in [0.717, 1.165) is 5.56 Å². The third-order valence-electron chi connectivity index (χ3n) is 4.61. The SMILES string of the molecule is COc1cc(/C=C2\C(=O)Nc3cc(NC(=O)Nc4ccccc4)ccc32)ccc1O. The summed E-state index contributed by atoms with van der Waals surface area (Å²) in [6.07, 6.45) is 1.72. The van der Waals surface area contributed by atoms with Crippen molar-refractivity contribution in [2.45, 2.75) is 0 Å². The minimum Gasteiger partial charge on any atom is -0.504 e. The number of methoxy groups -OCH3 is 1. The summed E-state index contributed by atoms with van der Waals surface area (Å²) < 4.78 is 5.12. The highest BCUT2D eigenvalue weighted by atomic mass is 16.5. The summed E-state index contributed by atoms with van der Waals surface area (Å²) in [5.74, 6) is 0.107. The molecule has 1 aliphatic heterocycles. The van der Waals surface area contributed by atoms with Gasteiger partial charge in [-0.1, -0.05) is 30.3 Å². The van der Waals surface area contributed by atoms with E-state index in [9.17, 15) is 14.7 Å². The van der Waals surface area contributed by atoms with Gasteiger partial charge in [-0.05, 0) is 48.0 Å². The molecule has 0 spiro atoms. The van der Waals surface area contributed by atoms with Gasteiger partial charge in [-0.25, -0.2) is 4.79 Å². The van der Waals surface area contributed by atoms with Crippen LogP contribution in [0.15, 0.2) is 66.7 Å². The molecular formula is C23H19N3O4. The molecule has 0 atom stereocenters. The Morgan fingerprint density at radius 1 is 1.00 bits per heavy atom. The summed E-state index contributed by atoms with van der Waals surface area (Å²) in [5, 5.41) is 18.0. The molecule has 7 nitrogen and oxygen atoms in total. The monoisotopic (exact) mass is 401 g/mol. The standard InChI is InChI=1S/C23H19N3O4/c1-30-21-12-14(7-10-20(21)27)11-18-17-9-8-16(13-19(17)26-22(18)28)25-23(29)24-15-5-3-2-4-6-15/h2-13,27H,1H3,(H,26,28)(H2,24,25,29)/b18-11-. The molecule has 0 fully saturated rings. The van der Waals surface area contributed by atoms with Crippen LogP contribution in [0.2, 0.25) is 0 Å². The molecule has 0 unspecified atom stereocenters. The maximum Gasteiger partial charge on any atom is 0.323 e. The van der Waals surface area contributed by atoms with E-state index in [4.69, 9.17) is 4.74 Å². The second-order valence-electron chi connectivity index (χ2n) is 6.65. The van der Waals surface area contributed by atoms with Gasteiger partial charge >= 0.3 is 6.03 Å². The molecule has 7 heteroatoms. The first-order valence-electron chi connectivity index (χ1n) is 9.21. The third kappa shape index (κ3) is 3.95. The zero-order valence-corrected chi connectivity index (χ0v) is 16.1. The molecule has 30 heavy (non-hydrogen) atoms. The summed E-state index contributed by atoms with van der Waals surface area (Å²) in [5.41, 5.74) is 3.76. The number of benzene rings is 3. The molecule has 4 N–H and O–H groups in total. The van der Waals surface area contributed by atoms with Gasteiger partial charge < -0.3 is 25.8 Å². The Balaban J connectivity index is 1.54. The number of carbonyl (C=O) groups excluding carboxylic acids is 2. The van der Waals surface area contributed by atoms with Crippen LogP contribution in [0, 0.1) is 0 Å². The number of anilines is 3. The van der Waals surface area contributed by atoms with Crippen LogP contribution in [0.25, 0.3) is 11.6 Å². The predicted octanol–water partition coefficient (Wildman–Crippen LogP) is 4.54. The number of carbonyl (C=O) groups is 2. The number of para-hydroxylation sites is 1. The average Bonchev–Trinajstić information content (AvgIpc) is 3.04. The maximum absolute atomic E-state index is 12.5. The highest BCUT2D eigenvalue weighted by molar-refractivity contribution is 6.35. The summed E-state index contributed by atoms with van der Waals surface area (Å²) in [6.45, 7) is 0. The van der Waals surface area contributed by atoms with Crippen LogP contribution in [0.4, 0.5) is 21.9 Å². The van der Waals surface area contributed by atoms with Gasteiger partial charge in [0.2, 0.25) is 0 Å². The largest absolute Gasteiger partial charge is 0.504 e. The first-order valence-corrected chi connectivity index (χ1v) is 9.21. The topological polar surface area (TPSA) is 99.7 Å². The van der Waals surface area contributed by atoms with Gasteiger partial charge in [-0.2, -0.15) is 0 Å². The van der Waals surface area contributed by atoms with E-state index in [-0.39, 0.29) is 17.7 Å². The minimum absolute atomic E-state index is 0.0282. The van der Waals surface area contributed by atoms with E-state index in [0.29, 0.717) is 33.9 Å². The second kappa shape index (κ2) is 8.00. The Labute approximate surface area is 173 Å². The molecule has 0 saturated heterocycles. The number of urea groups is 1. The molecule has 0 saturated carbocycles. The highest BCUT2D eigenvalue weighted by Gasteiger charge is 2.24. The van der Waals surface area contributed by atoms with Crippen molar-refractivity contribution in [1.82, 2.24) is 0 Å². The van der Waals surface area contributed by atoms with Gasteiger partial charge in [0.1, 0.15) is 0 Å². The van der Waals surface area contributed by atoms with Crippen molar-refractivity contribution >= 4 is 40.6 Å². The van der Waals surface area contributed by atoms with Crippen molar-refractivity contribution < 1.29 is 19.4 Å². The number of nitrogens with one attached hydrogen (secondary N) is 3. The van der Waals surface area contributed by atoms with Gasteiger partial charge in [-0.3, -0.25) is 4.79 Å². The quantitative estimate of drug-likeness (QED) is 0.482. The number of hydrogen-bond acceptors (Lipinski definition) is 4. The van der Waals surface area contributed by atoms with Gasteiger partial charge in [-0.15, -0.1) is 0 Å². The van der Waals surface area contributed by atoms with Crippen LogP contribution in [0.3, 0.4) is 0 Å². The molecule has 4 rings (SSSR count). The van der Waals surface area contributed by atoms with E-state index in [1.807, 2.05) is 18.2 Å². The number of phenolic OH excluding ortho intramolecular Hbond substituents is 1. The zero-order chi connectivity index (χ0) is 21.1. The lowest BCUT2D eigenvalue weighted by atomic mass is 10.0. The summed E-state index contributed by atoms with van der Waals surface area (Å²) in [4.78, 5) is 24.7. The first-order chi connectivity index (χ1) is 14.5. The van der Waals surface area contributed by atoms with Crippen molar-refractivity contribution in [3.8, 4) is 11.5 Å². The Morgan fingerprint density at radius 3 is 2.53 bits per heavy atom. The van der Waals surface area contributed by atoms with Crippen molar-refractivity contribution in [1.29, 1.82) is 0 Å². The van der Waals surface area contributed by atoms with Gasteiger partial charge in [0, 0.05) is 22.5 Å². The van der Waals surface area contributed by atoms with Crippen LogP contribution >= 0.6 is 0 Å². The molecule has 3 aromatic carbocycles. The number of rotatable bonds is 4. The molecule has 0 radical (unpaired) electrons. The molecule has 150 valence electrons. The van der Waals surface area contributed by atoms with E-state index in [1.165, 1.54) is 13.2 Å². The van der Waals surface area contributed by atoms with Crippen LogP contribution in [0.5, 0.6) is 11.5 Å². The number of amides is 3. The third-order valence-corrected chi connectivity index (χ3v) is 4.61. The molecule has 3 amide bonds. The smallest absolute Gasteiger partial charge is 0.323 e. The number of ether oxygens (including phenoxy) is 1. The Kier molecular flexibility index (Phi) is 5.09. The van der Waals surface area contributed by atoms with Gasteiger partial charge in [0.25, 0.3) is 5.91 Å². The Hall–Kier alpha value is -4.26. The van der Waals surface area contributed by atoms with Gasteiger partial charge in [0.15, 0.2) is 11.5 Å². The number of hydrogen-bond donors (Lipinski definition) is 4. The minimum atomic E-state index is -0.377. The second-order valence-corrected chi connectivity index (χ2v) is 6.65. The lowest BCUT2D eigenvalue weighted by Gasteiger charge is -2.09. The molecule has 3 aromatic rings. The van der Waals surface area contributed by atoms with Crippen molar-refractivity contribution in [2.75, 3.05) is 23.1 Å². The fourth-order valence-corrected chi connectivity index (χ4v) is 3.18. The maximum atomic E-state index is 12.5. The molecule has 1 heterocycles. The average molecular weight is 401 g/mol.